The molecule has 0 aliphatic heterocycles. The average Bonchev–Trinajstić information content (AvgIpc) is 2.63. The summed E-state index contributed by atoms with van der Waals surface area (Å²) in [7, 11) is 0. The fourth-order valence-corrected chi connectivity index (χ4v) is 2.59. The Balaban J connectivity index is 1.91. The number of carboxylic acid groups (broad SMARTS) is 1. The Morgan fingerprint density at radius 1 is 0.808 bits per heavy atom. The van der Waals surface area contributed by atoms with E-state index in [1.165, 1.54) is 0 Å². The van der Waals surface area contributed by atoms with Gasteiger partial charge in [-0.3, -0.25) is 4.79 Å². The molecule has 0 saturated heterocycles. The Bertz CT molecular complexity index is 941. The zero-order valence-corrected chi connectivity index (χ0v) is 14.3. The molecule has 3 aromatic carbocycles. The van der Waals surface area contributed by atoms with Crippen LogP contribution in [0.2, 0.25) is 5.02 Å². The largest absolute Gasteiger partial charge is 0.478 e. The minimum absolute atomic E-state index is 0.0151. The Kier molecular flexibility index (Phi) is 5.20. The number of hydrogen-bond donors (Lipinski definition) is 3. The second kappa shape index (κ2) is 7.72. The van der Waals surface area contributed by atoms with Crippen molar-refractivity contribution in [2.75, 3.05) is 10.6 Å². The topological polar surface area (TPSA) is 78.4 Å². The molecule has 0 atom stereocenters. The summed E-state index contributed by atoms with van der Waals surface area (Å²) < 4.78 is 0. The van der Waals surface area contributed by atoms with Gasteiger partial charge in [-0.05, 0) is 48.5 Å². The number of aromatic carboxylic acids is 1. The fraction of sp³-hybridized carbons (Fsp3) is 0. The van der Waals surface area contributed by atoms with Gasteiger partial charge in [0.1, 0.15) is 5.56 Å². The normalized spacial score (nSPS) is 10.2. The quantitative estimate of drug-likeness (QED) is 0.591. The molecular formula is C20H15ClN2O3. The molecule has 130 valence electrons. The molecule has 3 N–H and O–H groups in total. The molecule has 5 nitrogen and oxygen atoms in total. The Labute approximate surface area is 155 Å². The SMILES string of the molecule is O=C(Nc1cccc(Nc2ccccc2)c1C(=O)O)c1ccc(Cl)cc1. The van der Waals surface area contributed by atoms with Crippen LogP contribution >= 0.6 is 11.6 Å². The first kappa shape index (κ1) is 17.5. The van der Waals surface area contributed by atoms with E-state index in [9.17, 15) is 14.7 Å². The van der Waals surface area contributed by atoms with E-state index >= 15 is 0 Å². The summed E-state index contributed by atoms with van der Waals surface area (Å²) in [6.07, 6.45) is 0. The predicted octanol–water partition coefficient (Wildman–Crippen LogP) is 5.03. The van der Waals surface area contributed by atoms with Crippen molar-refractivity contribution in [1.82, 2.24) is 0 Å². The number of carboxylic acids is 1. The van der Waals surface area contributed by atoms with Crippen molar-refractivity contribution in [3.8, 4) is 0 Å². The van der Waals surface area contributed by atoms with Crippen LogP contribution < -0.4 is 10.6 Å². The summed E-state index contributed by atoms with van der Waals surface area (Å²) in [6.45, 7) is 0. The van der Waals surface area contributed by atoms with Crippen molar-refractivity contribution >= 4 is 40.5 Å². The van der Waals surface area contributed by atoms with Crippen molar-refractivity contribution < 1.29 is 14.7 Å². The van der Waals surface area contributed by atoms with Gasteiger partial charge in [-0.1, -0.05) is 35.9 Å². The standard InChI is InChI=1S/C20H15ClN2O3/c21-14-11-9-13(10-12-14)19(24)23-17-8-4-7-16(18(17)20(25)26)22-15-5-2-1-3-6-15/h1-12,22H,(H,23,24)(H,25,26). The average molecular weight is 367 g/mol. The monoisotopic (exact) mass is 366 g/mol. The van der Waals surface area contributed by atoms with Gasteiger partial charge in [0.15, 0.2) is 0 Å². The van der Waals surface area contributed by atoms with E-state index in [0.29, 0.717) is 16.3 Å². The number of halogens is 1. The highest BCUT2D eigenvalue weighted by atomic mass is 35.5. The summed E-state index contributed by atoms with van der Waals surface area (Å²) in [6, 6.07) is 20.4. The Morgan fingerprint density at radius 3 is 2.12 bits per heavy atom. The summed E-state index contributed by atoms with van der Waals surface area (Å²) in [4.78, 5) is 24.2. The molecule has 6 heteroatoms. The number of carbonyl (C=O) groups is 2. The molecule has 26 heavy (non-hydrogen) atoms. The molecule has 3 aromatic rings. The number of amides is 1. The number of carbonyl (C=O) groups excluding carboxylic acids is 1. The van der Waals surface area contributed by atoms with Crippen molar-refractivity contribution in [2.45, 2.75) is 0 Å². The number of para-hydroxylation sites is 1. The lowest BCUT2D eigenvalue weighted by Crippen LogP contribution is -2.15. The molecule has 0 aromatic heterocycles. The van der Waals surface area contributed by atoms with Crippen molar-refractivity contribution in [3.63, 3.8) is 0 Å². The van der Waals surface area contributed by atoms with Gasteiger partial charge in [-0.15, -0.1) is 0 Å². The third-order valence-electron chi connectivity index (χ3n) is 3.69. The molecule has 0 fully saturated rings. The molecule has 0 spiro atoms. The third-order valence-corrected chi connectivity index (χ3v) is 3.94. The van der Waals surface area contributed by atoms with E-state index in [-0.39, 0.29) is 11.3 Å². The minimum atomic E-state index is -1.14. The van der Waals surface area contributed by atoms with Gasteiger partial charge in [0.05, 0.1) is 11.4 Å². The van der Waals surface area contributed by atoms with Crippen LogP contribution in [0.1, 0.15) is 20.7 Å². The molecule has 0 saturated carbocycles. The fourth-order valence-electron chi connectivity index (χ4n) is 2.46. The third kappa shape index (κ3) is 4.02. The van der Waals surface area contributed by atoms with Gasteiger partial charge in [0.2, 0.25) is 0 Å². The minimum Gasteiger partial charge on any atom is -0.478 e. The highest BCUT2D eigenvalue weighted by Crippen LogP contribution is 2.28. The van der Waals surface area contributed by atoms with E-state index in [1.54, 1.807) is 42.5 Å². The summed E-state index contributed by atoms with van der Waals surface area (Å²) >= 11 is 5.82. The zero-order chi connectivity index (χ0) is 18.5. The maximum atomic E-state index is 12.4. The summed E-state index contributed by atoms with van der Waals surface area (Å²) in [5.41, 5.74) is 1.71. The van der Waals surface area contributed by atoms with Gasteiger partial charge in [-0.2, -0.15) is 0 Å². The van der Waals surface area contributed by atoms with Gasteiger partial charge in [0, 0.05) is 16.3 Å². The number of benzene rings is 3. The molecule has 0 unspecified atom stereocenters. The van der Waals surface area contributed by atoms with E-state index in [1.807, 2.05) is 30.3 Å². The van der Waals surface area contributed by atoms with Crippen LogP contribution in [0.25, 0.3) is 0 Å². The molecule has 0 heterocycles. The Morgan fingerprint density at radius 2 is 1.46 bits per heavy atom. The van der Waals surface area contributed by atoms with Crippen LogP contribution in [0.3, 0.4) is 0 Å². The molecule has 1 amide bonds. The van der Waals surface area contributed by atoms with Crippen LogP contribution in [0.5, 0.6) is 0 Å². The number of rotatable bonds is 5. The van der Waals surface area contributed by atoms with Gasteiger partial charge in [-0.25, -0.2) is 4.79 Å². The molecule has 0 aliphatic carbocycles. The van der Waals surface area contributed by atoms with Crippen molar-refractivity contribution in [1.29, 1.82) is 0 Å². The van der Waals surface area contributed by atoms with Gasteiger partial charge in [0.25, 0.3) is 5.91 Å². The number of anilines is 3. The smallest absolute Gasteiger partial charge is 0.339 e. The van der Waals surface area contributed by atoms with Crippen LogP contribution in [-0.4, -0.2) is 17.0 Å². The van der Waals surface area contributed by atoms with Crippen molar-refractivity contribution in [2.24, 2.45) is 0 Å². The van der Waals surface area contributed by atoms with Gasteiger partial charge >= 0.3 is 5.97 Å². The Hall–Kier alpha value is -3.31. The number of nitrogens with one attached hydrogen (secondary N) is 2. The van der Waals surface area contributed by atoms with E-state index in [2.05, 4.69) is 10.6 Å². The second-order valence-electron chi connectivity index (χ2n) is 5.49. The lowest BCUT2D eigenvalue weighted by atomic mass is 10.1. The summed E-state index contributed by atoms with van der Waals surface area (Å²) in [5, 5.41) is 15.9. The summed E-state index contributed by atoms with van der Waals surface area (Å²) in [5.74, 6) is -1.56. The van der Waals surface area contributed by atoms with Gasteiger partial charge < -0.3 is 15.7 Å². The highest BCUT2D eigenvalue weighted by molar-refractivity contribution is 6.30. The number of hydrogen-bond acceptors (Lipinski definition) is 3. The van der Waals surface area contributed by atoms with E-state index in [0.717, 1.165) is 5.69 Å². The van der Waals surface area contributed by atoms with Crippen LogP contribution in [-0.2, 0) is 0 Å². The first-order valence-corrected chi connectivity index (χ1v) is 8.17. The molecule has 0 aliphatic rings. The molecular weight excluding hydrogens is 352 g/mol. The van der Waals surface area contributed by atoms with Crippen LogP contribution in [0.15, 0.2) is 72.8 Å². The second-order valence-corrected chi connectivity index (χ2v) is 5.92. The maximum absolute atomic E-state index is 12.4. The van der Waals surface area contributed by atoms with Crippen LogP contribution in [0, 0.1) is 0 Å². The first-order chi connectivity index (χ1) is 12.5. The highest BCUT2D eigenvalue weighted by Gasteiger charge is 2.18. The molecule has 0 bridgehead atoms. The molecule has 3 rings (SSSR count). The van der Waals surface area contributed by atoms with E-state index in [4.69, 9.17) is 11.6 Å². The predicted molar refractivity (Wildman–Crippen MR) is 103 cm³/mol. The van der Waals surface area contributed by atoms with E-state index < -0.39 is 11.9 Å². The zero-order valence-electron chi connectivity index (χ0n) is 13.6. The lowest BCUT2D eigenvalue weighted by Gasteiger charge is -2.14. The maximum Gasteiger partial charge on any atom is 0.339 e. The van der Waals surface area contributed by atoms with Crippen molar-refractivity contribution in [3.05, 3.63) is 88.9 Å². The lowest BCUT2D eigenvalue weighted by molar-refractivity contribution is 0.0699. The first-order valence-electron chi connectivity index (χ1n) is 7.80. The van der Waals surface area contributed by atoms with Crippen LogP contribution in [0.4, 0.5) is 17.1 Å². The molecule has 0 radical (unpaired) electrons.